The van der Waals surface area contributed by atoms with Crippen molar-refractivity contribution in [3.05, 3.63) is 52.4 Å². The molecule has 0 spiro atoms. The van der Waals surface area contributed by atoms with Gasteiger partial charge >= 0.3 is 5.97 Å². The Hall–Kier alpha value is -2.14. The molecule has 2 aromatic rings. The first-order chi connectivity index (χ1) is 8.97. The van der Waals surface area contributed by atoms with Crippen molar-refractivity contribution in [1.82, 2.24) is 4.98 Å². The van der Waals surface area contributed by atoms with E-state index in [1.165, 1.54) is 24.3 Å². The van der Waals surface area contributed by atoms with Crippen molar-refractivity contribution < 1.29 is 19.0 Å². The molecular weight excluding hydrogens is 273 g/mol. The molecule has 0 atom stereocenters. The molecule has 1 heterocycles. The van der Waals surface area contributed by atoms with Crippen LogP contribution in [-0.2, 0) is 0 Å². The van der Waals surface area contributed by atoms with Crippen LogP contribution in [0, 0.1) is 12.7 Å². The topological polar surface area (TPSA) is 59.4 Å². The molecule has 0 unspecified atom stereocenters. The average Bonchev–Trinajstić information content (AvgIpc) is 2.33. The highest BCUT2D eigenvalue weighted by atomic mass is 35.5. The van der Waals surface area contributed by atoms with Crippen LogP contribution in [0.15, 0.2) is 30.3 Å². The predicted molar refractivity (Wildman–Crippen MR) is 67.4 cm³/mol. The van der Waals surface area contributed by atoms with Gasteiger partial charge in [-0.15, -0.1) is 0 Å². The maximum atomic E-state index is 13.2. The Morgan fingerprint density at radius 1 is 1.37 bits per heavy atom. The van der Waals surface area contributed by atoms with Crippen molar-refractivity contribution in [3.8, 4) is 11.6 Å². The van der Waals surface area contributed by atoms with Gasteiger partial charge in [0, 0.05) is 12.1 Å². The zero-order valence-corrected chi connectivity index (χ0v) is 10.6. The molecule has 4 nitrogen and oxygen atoms in total. The van der Waals surface area contributed by atoms with Gasteiger partial charge in [0.2, 0.25) is 5.88 Å². The van der Waals surface area contributed by atoms with E-state index in [0.717, 1.165) is 6.07 Å². The Balaban J connectivity index is 2.26. The van der Waals surface area contributed by atoms with E-state index >= 15 is 0 Å². The lowest BCUT2D eigenvalue weighted by Crippen LogP contribution is -2.02. The number of halogens is 2. The molecule has 1 aromatic heterocycles. The number of ether oxygens (including phenoxy) is 1. The van der Waals surface area contributed by atoms with Gasteiger partial charge in [0.1, 0.15) is 11.6 Å². The number of benzene rings is 1. The monoisotopic (exact) mass is 281 g/mol. The van der Waals surface area contributed by atoms with Gasteiger partial charge in [0.15, 0.2) is 0 Å². The Kier molecular flexibility index (Phi) is 3.66. The first-order valence-corrected chi connectivity index (χ1v) is 5.69. The summed E-state index contributed by atoms with van der Waals surface area (Å²) in [7, 11) is 0. The zero-order chi connectivity index (χ0) is 14.0. The fourth-order valence-corrected chi connectivity index (χ4v) is 1.60. The van der Waals surface area contributed by atoms with Gasteiger partial charge < -0.3 is 9.84 Å². The summed E-state index contributed by atoms with van der Waals surface area (Å²) in [6, 6.07) is 6.78. The van der Waals surface area contributed by atoms with Gasteiger partial charge in [-0.1, -0.05) is 11.6 Å². The first-order valence-electron chi connectivity index (χ1n) is 5.31. The molecule has 1 N–H and O–H groups in total. The second kappa shape index (κ2) is 5.24. The van der Waals surface area contributed by atoms with E-state index in [4.69, 9.17) is 21.4 Å². The Bertz CT molecular complexity index is 646. The molecule has 0 radical (unpaired) electrons. The zero-order valence-electron chi connectivity index (χ0n) is 9.85. The number of nitrogens with zero attached hydrogens (tertiary/aromatic N) is 1. The van der Waals surface area contributed by atoms with Gasteiger partial charge in [-0.2, -0.15) is 0 Å². The van der Waals surface area contributed by atoms with Crippen molar-refractivity contribution in [2.75, 3.05) is 0 Å². The number of hydrogen-bond donors (Lipinski definition) is 1. The molecule has 0 aliphatic rings. The number of aromatic nitrogens is 1. The largest absolute Gasteiger partial charge is 0.478 e. The molecule has 1 aromatic carbocycles. The minimum atomic E-state index is -1.06. The molecule has 0 amide bonds. The van der Waals surface area contributed by atoms with Crippen LogP contribution in [0.3, 0.4) is 0 Å². The lowest BCUT2D eigenvalue weighted by molar-refractivity contribution is 0.0695. The molecular formula is C13H9ClFNO3. The second-order valence-corrected chi connectivity index (χ2v) is 4.17. The molecule has 0 bridgehead atoms. The molecule has 0 saturated heterocycles. The maximum absolute atomic E-state index is 13.2. The van der Waals surface area contributed by atoms with Crippen molar-refractivity contribution in [2.45, 2.75) is 6.92 Å². The van der Waals surface area contributed by atoms with Crippen LogP contribution in [0.5, 0.6) is 11.6 Å². The van der Waals surface area contributed by atoms with Gasteiger partial charge in [-0.3, -0.25) is 0 Å². The molecule has 0 aliphatic heterocycles. The highest BCUT2D eigenvalue weighted by molar-refractivity contribution is 6.30. The van der Waals surface area contributed by atoms with Gasteiger partial charge in [-0.25, -0.2) is 14.2 Å². The van der Waals surface area contributed by atoms with Crippen LogP contribution in [0.2, 0.25) is 5.02 Å². The SMILES string of the molecule is Cc1nc(Oc2ccc(Cl)c(F)c2)ccc1C(=O)O. The quantitative estimate of drug-likeness (QED) is 0.932. The van der Waals surface area contributed by atoms with Crippen LogP contribution in [-0.4, -0.2) is 16.1 Å². The molecule has 0 saturated carbocycles. The number of aryl methyl sites for hydroxylation is 1. The van der Waals surface area contributed by atoms with Crippen molar-refractivity contribution in [3.63, 3.8) is 0 Å². The number of carboxylic acid groups (broad SMARTS) is 1. The lowest BCUT2D eigenvalue weighted by Gasteiger charge is -2.07. The van der Waals surface area contributed by atoms with Crippen LogP contribution >= 0.6 is 11.6 Å². The molecule has 19 heavy (non-hydrogen) atoms. The predicted octanol–water partition coefficient (Wildman–Crippen LogP) is 3.67. The Morgan fingerprint density at radius 2 is 2.11 bits per heavy atom. The summed E-state index contributed by atoms with van der Waals surface area (Å²) in [6.07, 6.45) is 0. The normalized spacial score (nSPS) is 10.3. The third-order valence-electron chi connectivity index (χ3n) is 2.40. The number of pyridine rings is 1. The summed E-state index contributed by atoms with van der Waals surface area (Å²) >= 11 is 5.55. The molecule has 6 heteroatoms. The van der Waals surface area contributed by atoms with Crippen LogP contribution < -0.4 is 4.74 Å². The molecule has 98 valence electrons. The van der Waals surface area contributed by atoms with Crippen LogP contribution in [0.25, 0.3) is 0 Å². The van der Waals surface area contributed by atoms with E-state index in [9.17, 15) is 9.18 Å². The van der Waals surface area contributed by atoms with E-state index in [1.54, 1.807) is 6.92 Å². The van der Waals surface area contributed by atoms with E-state index in [0.29, 0.717) is 5.69 Å². The summed E-state index contributed by atoms with van der Waals surface area (Å²) < 4.78 is 18.5. The Labute approximate surface area is 113 Å². The van der Waals surface area contributed by atoms with E-state index in [-0.39, 0.29) is 22.2 Å². The van der Waals surface area contributed by atoms with Crippen LogP contribution in [0.1, 0.15) is 16.1 Å². The minimum Gasteiger partial charge on any atom is -0.478 e. The van der Waals surface area contributed by atoms with E-state index in [2.05, 4.69) is 4.98 Å². The Morgan fingerprint density at radius 3 is 2.68 bits per heavy atom. The number of carbonyl (C=O) groups is 1. The third kappa shape index (κ3) is 3.00. The fourth-order valence-electron chi connectivity index (χ4n) is 1.48. The molecule has 2 rings (SSSR count). The van der Waals surface area contributed by atoms with Gasteiger partial charge in [0.05, 0.1) is 16.3 Å². The number of carboxylic acids is 1. The van der Waals surface area contributed by atoms with Crippen LogP contribution in [0.4, 0.5) is 4.39 Å². The standard InChI is InChI=1S/C13H9ClFNO3/c1-7-9(13(17)18)3-5-12(16-7)19-8-2-4-10(14)11(15)6-8/h2-6H,1H3,(H,17,18). The maximum Gasteiger partial charge on any atom is 0.337 e. The van der Waals surface area contributed by atoms with Crippen molar-refractivity contribution in [2.24, 2.45) is 0 Å². The second-order valence-electron chi connectivity index (χ2n) is 3.77. The number of rotatable bonds is 3. The van der Waals surface area contributed by atoms with Crippen molar-refractivity contribution >= 4 is 17.6 Å². The highest BCUT2D eigenvalue weighted by Crippen LogP contribution is 2.25. The van der Waals surface area contributed by atoms with Gasteiger partial charge in [-0.05, 0) is 25.1 Å². The first kappa shape index (κ1) is 13.3. The summed E-state index contributed by atoms with van der Waals surface area (Å²) in [4.78, 5) is 14.8. The number of aromatic carboxylic acids is 1. The molecule has 0 fully saturated rings. The van der Waals surface area contributed by atoms with Gasteiger partial charge in [0.25, 0.3) is 0 Å². The smallest absolute Gasteiger partial charge is 0.337 e. The highest BCUT2D eigenvalue weighted by Gasteiger charge is 2.10. The molecule has 0 aliphatic carbocycles. The summed E-state index contributed by atoms with van der Waals surface area (Å²) in [5.74, 6) is -1.24. The third-order valence-corrected chi connectivity index (χ3v) is 2.71. The summed E-state index contributed by atoms with van der Waals surface area (Å²) in [5.41, 5.74) is 0.411. The lowest BCUT2D eigenvalue weighted by atomic mass is 10.2. The number of hydrogen-bond acceptors (Lipinski definition) is 3. The van der Waals surface area contributed by atoms with E-state index < -0.39 is 11.8 Å². The summed E-state index contributed by atoms with van der Waals surface area (Å²) in [5, 5.41) is 8.87. The summed E-state index contributed by atoms with van der Waals surface area (Å²) in [6.45, 7) is 1.55. The minimum absolute atomic E-state index is 0.00212. The van der Waals surface area contributed by atoms with E-state index in [1.807, 2.05) is 0 Å². The average molecular weight is 282 g/mol. The fraction of sp³-hybridized carbons (Fsp3) is 0.0769. The van der Waals surface area contributed by atoms with Crippen molar-refractivity contribution in [1.29, 1.82) is 0 Å².